The minimum Gasteiger partial charge on any atom is -0.507 e. The van der Waals surface area contributed by atoms with E-state index in [0.29, 0.717) is 10.5 Å². The molecule has 1 amide bonds. The van der Waals surface area contributed by atoms with Crippen molar-refractivity contribution in [1.29, 1.82) is 0 Å². The van der Waals surface area contributed by atoms with Gasteiger partial charge in [0, 0.05) is 16.2 Å². The van der Waals surface area contributed by atoms with E-state index in [1.807, 2.05) is 61.5 Å². The van der Waals surface area contributed by atoms with E-state index in [1.54, 1.807) is 6.07 Å². The maximum Gasteiger partial charge on any atom is 0.279 e. The molecule has 0 saturated heterocycles. The van der Waals surface area contributed by atoms with Crippen molar-refractivity contribution in [2.45, 2.75) is 11.8 Å². The molecule has 27 heavy (non-hydrogen) atoms. The molecule has 3 aromatic carbocycles. The van der Waals surface area contributed by atoms with Crippen LogP contribution in [0.25, 0.3) is 10.8 Å². The number of phenols is 1. The lowest BCUT2D eigenvalue weighted by atomic mass is 10.0. The van der Waals surface area contributed by atoms with Crippen molar-refractivity contribution in [3.8, 4) is 5.75 Å². The lowest BCUT2D eigenvalue weighted by Crippen LogP contribution is -2.22. The number of fused-ring (bicyclic) bond motifs is 2. The Bertz CT molecular complexity index is 1110. The van der Waals surface area contributed by atoms with Crippen molar-refractivity contribution >= 4 is 40.3 Å². The van der Waals surface area contributed by atoms with Crippen molar-refractivity contribution in [2.75, 3.05) is 5.32 Å². The Kier molecular flexibility index (Phi) is 4.56. The molecule has 0 aromatic heterocycles. The number of allylic oxidation sites excluding steroid dienone is 1. The maximum absolute atomic E-state index is 12.6. The van der Waals surface area contributed by atoms with Gasteiger partial charge in [0.15, 0.2) is 0 Å². The van der Waals surface area contributed by atoms with Gasteiger partial charge in [0.2, 0.25) is 0 Å². The maximum atomic E-state index is 12.6. The average molecular weight is 375 g/mol. The summed E-state index contributed by atoms with van der Waals surface area (Å²) in [6.07, 6.45) is 1.47. The molecule has 1 aliphatic heterocycles. The van der Waals surface area contributed by atoms with E-state index in [1.165, 1.54) is 18.0 Å². The molecular formula is C21H17N3O2S. The average Bonchev–Trinajstić information content (AvgIpc) is 2.69. The third-order valence-electron chi connectivity index (χ3n) is 4.28. The van der Waals surface area contributed by atoms with E-state index in [4.69, 9.17) is 0 Å². The van der Waals surface area contributed by atoms with Gasteiger partial charge in [0.25, 0.3) is 5.91 Å². The summed E-state index contributed by atoms with van der Waals surface area (Å²) in [6, 6.07) is 19.0. The third kappa shape index (κ3) is 3.39. The molecule has 3 N–H and O–H groups in total. The monoisotopic (exact) mass is 375 g/mol. The molecule has 0 spiro atoms. The van der Waals surface area contributed by atoms with Crippen molar-refractivity contribution in [2.24, 2.45) is 5.10 Å². The highest BCUT2D eigenvalue weighted by Gasteiger charge is 2.21. The number of aromatic hydroxyl groups is 1. The second kappa shape index (κ2) is 7.17. The summed E-state index contributed by atoms with van der Waals surface area (Å²) in [7, 11) is 0. The lowest BCUT2D eigenvalue weighted by Gasteiger charge is -2.20. The van der Waals surface area contributed by atoms with Crippen molar-refractivity contribution < 1.29 is 9.90 Å². The number of carbonyl (C=O) groups is 1. The molecule has 0 fully saturated rings. The first-order valence-electron chi connectivity index (χ1n) is 8.42. The number of benzene rings is 3. The molecule has 6 heteroatoms. The van der Waals surface area contributed by atoms with Crippen LogP contribution in [0.1, 0.15) is 12.5 Å². The van der Waals surface area contributed by atoms with Gasteiger partial charge >= 0.3 is 0 Å². The molecule has 0 aliphatic carbocycles. The minimum atomic E-state index is -0.296. The van der Waals surface area contributed by atoms with Gasteiger partial charge in [-0.3, -0.25) is 4.79 Å². The molecule has 4 rings (SSSR count). The van der Waals surface area contributed by atoms with Gasteiger partial charge < -0.3 is 10.4 Å². The summed E-state index contributed by atoms with van der Waals surface area (Å²) in [5.74, 6) is -0.180. The van der Waals surface area contributed by atoms with E-state index in [-0.39, 0.29) is 11.7 Å². The van der Waals surface area contributed by atoms with Crippen LogP contribution in [0.15, 0.2) is 81.3 Å². The van der Waals surface area contributed by atoms with Crippen LogP contribution in [0.5, 0.6) is 5.75 Å². The lowest BCUT2D eigenvalue weighted by molar-refractivity contribution is -0.116. The Hall–Kier alpha value is -3.25. The zero-order chi connectivity index (χ0) is 18.8. The molecule has 3 aromatic rings. The molecule has 1 aliphatic rings. The second-order valence-corrected chi connectivity index (χ2v) is 7.15. The molecule has 0 saturated carbocycles. The van der Waals surface area contributed by atoms with Crippen molar-refractivity contribution in [1.82, 2.24) is 5.43 Å². The number of thioether (sulfide) groups is 1. The van der Waals surface area contributed by atoms with Crippen LogP contribution < -0.4 is 10.7 Å². The molecule has 0 atom stereocenters. The molecule has 5 nitrogen and oxygen atoms in total. The fourth-order valence-electron chi connectivity index (χ4n) is 2.95. The van der Waals surface area contributed by atoms with Gasteiger partial charge in [0.1, 0.15) is 5.75 Å². The van der Waals surface area contributed by atoms with Crippen LogP contribution in [0.3, 0.4) is 0 Å². The zero-order valence-corrected chi connectivity index (χ0v) is 15.4. The van der Waals surface area contributed by atoms with Crippen LogP contribution in [-0.4, -0.2) is 17.2 Å². The van der Waals surface area contributed by atoms with Gasteiger partial charge in [0.05, 0.1) is 16.8 Å². The molecule has 134 valence electrons. The van der Waals surface area contributed by atoms with Crippen molar-refractivity contribution in [3.63, 3.8) is 0 Å². The van der Waals surface area contributed by atoms with Gasteiger partial charge in [-0.05, 0) is 35.9 Å². The summed E-state index contributed by atoms with van der Waals surface area (Å²) in [4.78, 5) is 14.1. The smallest absolute Gasteiger partial charge is 0.279 e. The topological polar surface area (TPSA) is 73.7 Å². The fourth-order valence-corrected chi connectivity index (χ4v) is 3.88. The minimum absolute atomic E-state index is 0.115. The first kappa shape index (κ1) is 17.2. The standard InChI is InChI=1S/C21H17N3O2S/c1-13-20(27-19-9-5-4-8-17(19)23-13)21(26)24-22-12-16-15-7-3-2-6-14(15)10-11-18(16)25/h2-12,23,25H,1H3,(H,24,26). The van der Waals surface area contributed by atoms with E-state index >= 15 is 0 Å². The number of para-hydroxylation sites is 1. The van der Waals surface area contributed by atoms with E-state index in [2.05, 4.69) is 15.8 Å². The van der Waals surface area contributed by atoms with Crippen LogP contribution in [-0.2, 0) is 4.79 Å². The highest BCUT2D eigenvalue weighted by Crippen LogP contribution is 2.39. The van der Waals surface area contributed by atoms with E-state index < -0.39 is 0 Å². The largest absolute Gasteiger partial charge is 0.507 e. The summed E-state index contributed by atoms with van der Waals surface area (Å²) < 4.78 is 0. The number of amides is 1. The second-order valence-electron chi connectivity index (χ2n) is 6.10. The van der Waals surface area contributed by atoms with E-state index in [9.17, 15) is 9.90 Å². The normalized spacial score (nSPS) is 13.5. The number of anilines is 1. The number of carbonyl (C=O) groups excluding carboxylic acids is 1. The van der Waals surface area contributed by atoms with Gasteiger partial charge in [-0.1, -0.05) is 54.2 Å². The third-order valence-corrected chi connectivity index (χ3v) is 5.55. The van der Waals surface area contributed by atoms with Gasteiger partial charge in [-0.25, -0.2) is 5.43 Å². The van der Waals surface area contributed by atoms with Gasteiger partial charge in [-0.2, -0.15) is 5.10 Å². The highest BCUT2D eigenvalue weighted by molar-refractivity contribution is 8.04. The predicted octanol–water partition coefficient (Wildman–Crippen LogP) is 4.44. The summed E-state index contributed by atoms with van der Waals surface area (Å²) >= 11 is 1.41. The predicted molar refractivity (Wildman–Crippen MR) is 110 cm³/mol. The Morgan fingerprint density at radius 3 is 2.78 bits per heavy atom. The van der Waals surface area contributed by atoms with Crippen LogP contribution in [0.4, 0.5) is 5.69 Å². The van der Waals surface area contributed by atoms with Crippen LogP contribution in [0, 0.1) is 0 Å². The summed E-state index contributed by atoms with van der Waals surface area (Å²) in [5, 5.41) is 19.3. The fraction of sp³-hybridized carbons (Fsp3) is 0.0476. The summed E-state index contributed by atoms with van der Waals surface area (Å²) in [5.41, 5.74) is 4.89. The zero-order valence-electron chi connectivity index (χ0n) is 14.6. The van der Waals surface area contributed by atoms with Crippen molar-refractivity contribution in [3.05, 3.63) is 76.8 Å². The number of hydrogen-bond acceptors (Lipinski definition) is 5. The Morgan fingerprint density at radius 2 is 1.89 bits per heavy atom. The molecule has 0 bridgehead atoms. The number of nitrogens with zero attached hydrogens (tertiary/aromatic N) is 1. The number of nitrogens with one attached hydrogen (secondary N) is 2. The number of hydrogen-bond donors (Lipinski definition) is 3. The first-order valence-corrected chi connectivity index (χ1v) is 9.24. The Morgan fingerprint density at radius 1 is 1.11 bits per heavy atom. The number of phenolic OH excluding ortho intramolecular Hbond substituents is 1. The highest BCUT2D eigenvalue weighted by atomic mass is 32.2. The number of rotatable bonds is 3. The van der Waals surface area contributed by atoms with Crippen LogP contribution >= 0.6 is 11.8 Å². The van der Waals surface area contributed by atoms with Gasteiger partial charge in [-0.15, -0.1) is 0 Å². The molecular weight excluding hydrogens is 358 g/mol. The Balaban J connectivity index is 1.54. The van der Waals surface area contributed by atoms with Crippen LogP contribution in [0.2, 0.25) is 0 Å². The SMILES string of the molecule is CC1=C(C(=O)NN=Cc2c(O)ccc3ccccc23)Sc2ccccc2N1. The van der Waals surface area contributed by atoms with E-state index in [0.717, 1.165) is 27.1 Å². The summed E-state index contributed by atoms with van der Waals surface area (Å²) in [6.45, 7) is 1.86. The first-order chi connectivity index (χ1) is 13.1. The quantitative estimate of drug-likeness (QED) is 0.467. The molecule has 1 heterocycles. The Labute approximate surface area is 160 Å². The molecule has 0 unspecified atom stereocenters. The number of hydrazone groups is 1. The molecule has 0 radical (unpaired) electrons.